The van der Waals surface area contributed by atoms with Crippen LogP contribution in [-0.2, 0) is 27.8 Å². The van der Waals surface area contributed by atoms with Gasteiger partial charge < -0.3 is 4.74 Å². The summed E-state index contributed by atoms with van der Waals surface area (Å²) in [6.45, 7) is 0.177. The largest absolute Gasteiger partial charge is 0.489 e. The summed E-state index contributed by atoms with van der Waals surface area (Å²) in [7, 11) is -4.21. The first-order valence-corrected chi connectivity index (χ1v) is 13.0. The summed E-state index contributed by atoms with van der Waals surface area (Å²) >= 11 is 0. The van der Waals surface area contributed by atoms with Crippen LogP contribution in [0.3, 0.4) is 0 Å². The van der Waals surface area contributed by atoms with Crippen molar-refractivity contribution in [1.82, 2.24) is 19.6 Å². The summed E-state index contributed by atoms with van der Waals surface area (Å²) in [6, 6.07) is 22.5. The van der Waals surface area contributed by atoms with Crippen LogP contribution in [0, 0.1) is 0 Å². The van der Waals surface area contributed by atoms with Crippen LogP contribution < -0.4 is 15.8 Å². The molecule has 1 aromatic heterocycles. The number of hydroxylamine groups is 1. The van der Waals surface area contributed by atoms with Gasteiger partial charge in [0.25, 0.3) is 11.5 Å². The van der Waals surface area contributed by atoms with Crippen LogP contribution in [-0.4, -0.2) is 40.2 Å². The molecule has 190 valence electrons. The molecule has 0 aliphatic carbocycles. The van der Waals surface area contributed by atoms with E-state index < -0.39 is 27.5 Å². The lowest BCUT2D eigenvalue weighted by Crippen LogP contribution is -2.48. The second-order valence-electron chi connectivity index (χ2n) is 8.47. The van der Waals surface area contributed by atoms with E-state index in [2.05, 4.69) is 5.10 Å². The number of nitrogens with one attached hydrogen (secondary N) is 2. The summed E-state index contributed by atoms with van der Waals surface area (Å²) in [5.41, 5.74) is 2.65. The Balaban J connectivity index is 1.45. The molecule has 10 nitrogen and oxygen atoms in total. The van der Waals surface area contributed by atoms with Crippen LogP contribution >= 0.6 is 0 Å². The Labute approximate surface area is 212 Å². The maximum atomic E-state index is 13.6. The van der Waals surface area contributed by atoms with Crippen molar-refractivity contribution in [3.05, 3.63) is 112 Å². The Bertz CT molecular complexity index is 1570. The molecule has 0 saturated carbocycles. The maximum Gasteiger partial charge on any atom is 0.276 e. The van der Waals surface area contributed by atoms with Gasteiger partial charge in [-0.05, 0) is 42.0 Å². The minimum Gasteiger partial charge on any atom is -0.489 e. The topological polar surface area (TPSA) is 134 Å². The van der Waals surface area contributed by atoms with E-state index in [1.54, 1.807) is 42.5 Å². The SMILES string of the molecule is O=C(NO)C1c2c([nH]n(-c3ccccc3)c2=O)CCN1S(=O)(=O)c1ccc(COc2ccccc2)cc1. The highest BCUT2D eigenvalue weighted by atomic mass is 32.2. The van der Waals surface area contributed by atoms with Gasteiger partial charge in [0.2, 0.25) is 10.0 Å². The number of rotatable bonds is 7. The average molecular weight is 521 g/mol. The van der Waals surface area contributed by atoms with Gasteiger partial charge in [-0.1, -0.05) is 48.5 Å². The molecule has 0 saturated heterocycles. The Kier molecular flexibility index (Phi) is 6.66. The molecule has 11 heteroatoms. The van der Waals surface area contributed by atoms with Crippen molar-refractivity contribution >= 4 is 15.9 Å². The number of benzene rings is 3. The van der Waals surface area contributed by atoms with E-state index in [9.17, 15) is 23.2 Å². The van der Waals surface area contributed by atoms with Crippen molar-refractivity contribution in [3.8, 4) is 11.4 Å². The molecule has 4 aromatic rings. The smallest absolute Gasteiger partial charge is 0.276 e. The first-order valence-electron chi connectivity index (χ1n) is 11.5. The number of para-hydroxylation sites is 2. The molecular weight excluding hydrogens is 496 g/mol. The zero-order valence-corrected chi connectivity index (χ0v) is 20.4. The number of carbonyl (C=O) groups excluding carboxylic acids is 1. The number of sulfonamides is 1. The Morgan fingerprint density at radius 3 is 2.30 bits per heavy atom. The molecule has 0 bridgehead atoms. The third kappa shape index (κ3) is 4.67. The number of carbonyl (C=O) groups is 1. The minimum absolute atomic E-state index is 0.0295. The number of H-pyrrole nitrogens is 1. The maximum absolute atomic E-state index is 13.6. The van der Waals surface area contributed by atoms with Gasteiger partial charge in [-0.25, -0.2) is 18.6 Å². The molecule has 1 amide bonds. The molecular formula is C26H24N4O6S. The quantitative estimate of drug-likeness (QED) is 0.253. The molecule has 3 aromatic carbocycles. The lowest BCUT2D eigenvalue weighted by Gasteiger charge is -2.32. The number of aromatic nitrogens is 2. The van der Waals surface area contributed by atoms with E-state index in [4.69, 9.17) is 4.74 Å². The number of fused-ring (bicyclic) bond motifs is 1. The zero-order valence-electron chi connectivity index (χ0n) is 19.6. The molecule has 37 heavy (non-hydrogen) atoms. The van der Waals surface area contributed by atoms with Crippen LogP contribution in [0.4, 0.5) is 0 Å². The predicted molar refractivity (Wildman–Crippen MR) is 134 cm³/mol. The van der Waals surface area contributed by atoms with E-state index in [1.807, 2.05) is 30.3 Å². The van der Waals surface area contributed by atoms with Gasteiger partial charge in [0.05, 0.1) is 16.1 Å². The van der Waals surface area contributed by atoms with Gasteiger partial charge in [0, 0.05) is 18.7 Å². The fourth-order valence-corrected chi connectivity index (χ4v) is 5.94. The number of amides is 1. The monoisotopic (exact) mass is 520 g/mol. The molecule has 0 spiro atoms. The molecule has 1 unspecified atom stereocenters. The van der Waals surface area contributed by atoms with Gasteiger partial charge in [0.15, 0.2) is 0 Å². The van der Waals surface area contributed by atoms with Crippen LogP contribution in [0.5, 0.6) is 5.75 Å². The Morgan fingerprint density at radius 1 is 1.00 bits per heavy atom. The third-order valence-corrected chi connectivity index (χ3v) is 8.08. The van der Waals surface area contributed by atoms with Gasteiger partial charge in [-0.3, -0.25) is 19.9 Å². The van der Waals surface area contributed by atoms with Crippen LogP contribution in [0.2, 0.25) is 0 Å². The lowest BCUT2D eigenvalue weighted by atomic mass is 10.0. The van der Waals surface area contributed by atoms with Gasteiger partial charge >= 0.3 is 0 Å². The molecule has 5 rings (SSSR count). The predicted octanol–water partition coefficient (Wildman–Crippen LogP) is 2.54. The summed E-state index contributed by atoms with van der Waals surface area (Å²) < 4.78 is 35.2. The summed E-state index contributed by atoms with van der Waals surface area (Å²) in [5, 5.41) is 12.4. The van der Waals surface area contributed by atoms with Crippen molar-refractivity contribution in [2.24, 2.45) is 0 Å². The third-order valence-electron chi connectivity index (χ3n) is 6.20. The first kappa shape index (κ1) is 24.5. The molecule has 3 N–H and O–H groups in total. The van der Waals surface area contributed by atoms with E-state index in [0.29, 0.717) is 17.1 Å². The van der Waals surface area contributed by atoms with Crippen LogP contribution in [0.25, 0.3) is 5.69 Å². The first-order chi connectivity index (χ1) is 17.9. The molecule has 0 fully saturated rings. The highest BCUT2D eigenvalue weighted by Crippen LogP contribution is 2.33. The Morgan fingerprint density at radius 2 is 1.65 bits per heavy atom. The van der Waals surface area contributed by atoms with Crippen LogP contribution in [0.15, 0.2) is 94.6 Å². The standard InChI is InChI=1S/C26H24N4O6S/c31-25(28-33)24-23-22(27-30(26(23)32)19-7-3-1-4-8-19)15-16-29(24)37(34,35)21-13-11-18(12-14-21)17-36-20-9-5-2-6-10-20/h1-14,24,27,33H,15-17H2,(H,28,31). The van der Waals surface area contributed by atoms with E-state index in [-0.39, 0.29) is 30.0 Å². The van der Waals surface area contributed by atoms with Gasteiger partial charge in [-0.15, -0.1) is 0 Å². The van der Waals surface area contributed by atoms with Gasteiger partial charge in [0.1, 0.15) is 18.4 Å². The Hall–Kier alpha value is -4.19. The number of ether oxygens (including phenoxy) is 1. The number of aromatic amines is 1. The van der Waals surface area contributed by atoms with Crippen molar-refractivity contribution in [1.29, 1.82) is 0 Å². The van der Waals surface area contributed by atoms with Crippen molar-refractivity contribution in [2.75, 3.05) is 6.54 Å². The number of hydrogen-bond donors (Lipinski definition) is 3. The minimum atomic E-state index is -4.21. The lowest BCUT2D eigenvalue weighted by molar-refractivity contribution is -0.133. The highest BCUT2D eigenvalue weighted by Gasteiger charge is 2.43. The second kappa shape index (κ2) is 10.1. The summed E-state index contributed by atoms with van der Waals surface area (Å²) in [5.74, 6) is -0.331. The molecule has 2 heterocycles. The van der Waals surface area contributed by atoms with E-state index in [0.717, 1.165) is 9.87 Å². The van der Waals surface area contributed by atoms with E-state index >= 15 is 0 Å². The normalized spacial score (nSPS) is 15.6. The number of hydrogen-bond acceptors (Lipinski definition) is 6. The van der Waals surface area contributed by atoms with E-state index in [1.165, 1.54) is 22.3 Å². The fraction of sp³-hybridized carbons (Fsp3) is 0.154. The average Bonchev–Trinajstić information content (AvgIpc) is 3.28. The molecule has 1 aliphatic heterocycles. The molecule has 1 atom stereocenters. The summed E-state index contributed by atoms with van der Waals surface area (Å²) in [4.78, 5) is 26.0. The summed E-state index contributed by atoms with van der Waals surface area (Å²) in [6.07, 6.45) is 0.182. The zero-order chi connectivity index (χ0) is 26.0. The fourth-order valence-electron chi connectivity index (χ4n) is 4.38. The number of nitrogens with zero attached hydrogens (tertiary/aromatic N) is 2. The molecule has 0 radical (unpaired) electrons. The highest BCUT2D eigenvalue weighted by molar-refractivity contribution is 7.89. The van der Waals surface area contributed by atoms with Gasteiger partial charge in [-0.2, -0.15) is 4.31 Å². The van der Waals surface area contributed by atoms with Crippen molar-refractivity contribution in [2.45, 2.75) is 24.0 Å². The van der Waals surface area contributed by atoms with Crippen molar-refractivity contribution < 1.29 is 23.2 Å². The molecule has 1 aliphatic rings. The van der Waals surface area contributed by atoms with Crippen LogP contribution in [0.1, 0.15) is 22.9 Å². The second-order valence-corrected chi connectivity index (χ2v) is 10.4. The van der Waals surface area contributed by atoms with Crippen molar-refractivity contribution in [3.63, 3.8) is 0 Å².